The topological polar surface area (TPSA) is 43.7 Å². The summed E-state index contributed by atoms with van der Waals surface area (Å²) >= 11 is 0. The van der Waals surface area contributed by atoms with E-state index in [0.29, 0.717) is 25.9 Å². The Bertz CT molecular complexity index is 451. The fourth-order valence-electron chi connectivity index (χ4n) is 2.47. The van der Waals surface area contributed by atoms with Crippen LogP contribution in [0.5, 0.6) is 0 Å². The van der Waals surface area contributed by atoms with Crippen LogP contribution in [0.25, 0.3) is 0 Å². The number of halogens is 2. The molecule has 106 valence electrons. The second-order valence-corrected chi connectivity index (χ2v) is 5.47. The maximum absolute atomic E-state index is 13.5. The van der Waals surface area contributed by atoms with Crippen molar-refractivity contribution in [2.45, 2.75) is 31.5 Å². The molecule has 1 fully saturated rings. The van der Waals surface area contributed by atoms with Crippen molar-refractivity contribution in [3.8, 4) is 0 Å². The standard InChI is InChI=1S/C14H19F2NO2/c1-14(19)6-8-17(9-14)7-5-12(18)10-3-2-4-11(15)13(10)16/h2-4,12,18-19H,5-9H2,1H3. The van der Waals surface area contributed by atoms with Gasteiger partial charge in [-0.2, -0.15) is 0 Å². The molecule has 1 aliphatic heterocycles. The van der Waals surface area contributed by atoms with Crippen molar-refractivity contribution in [3.05, 3.63) is 35.4 Å². The van der Waals surface area contributed by atoms with Gasteiger partial charge in [0.15, 0.2) is 11.6 Å². The number of hydrogen-bond acceptors (Lipinski definition) is 3. The number of nitrogens with zero attached hydrogens (tertiary/aromatic N) is 1. The molecular weight excluding hydrogens is 252 g/mol. The van der Waals surface area contributed by atoms with Crippen LogP contribution >= 0.6 is 0 Å². The van der Waals surface area contributed by atoms with Gasteiger partial charge in [0, 0.05) is 25.2 Å². The molecule has 0 radical (unpaired) electrons. The van der Waals surface area contributed by atoms with Gasteiger partial charge in [-0.15, -0.1) is 0 Å². The molecule has 2 N–H and O–H groups in total. The Kier molecular flexibility index (Phi) is 4.18. The molecule has 2 atom stereocenters. The number of aliphatic hydroxyl groups excluding tert-OH is 1. The molecule has 1 saturated heterocycles. The summed E-state index contributed by atoms with van der Waals surface area (Å²) in [4.78, 5) is 2.01. The number of aliphatic hydroxyl groups is 2. The quantitative estimate of drug-likeness (QED) is 0.878. The van der Waals surface area contributed by atoms with Crippen molar-refractivity contribution in [1.82, 2.24) is 4.90 Å². The lowest BCUT2D eigenvalue weighted by atomic mass is 10.1. The molecule has 0 saturated carbocycles. The minimum Gasteiger partial charge on any atom is -0.389 e. The Morgan fingerprint density at radius 3 is 2.79 bits per heavy atom. The highest BCUT2D eigenvalue weighted by molar-refractivity contribution is 5.21. The fraction of sp³-hybridized carbons (Fsp3) is 0.571. The number of β-amino-alcohol motifs (C(OH)–C–C–N with tert-alkyl or cyclic N) is 1. The van der Waals surface area contributed by atoms with Gasteiger partial charge >= 0.3 is 0 Å². The zero-order valence-electron chi connectivity index (χ0n) is 10.9. The summed E-state index contributed by atoms with van der Waals surface area (Å²) in [6, 6.07) is 3.81. The first-order valence-corrected chi connectivity index (χ1v) is 6.46. The third-order valence-corrected chi connectivity index (χ3v) is 3.59. The van der Waals surface area contributed by atoms with E-state index >= 15 is 0 Å². The SMILES string of the molecule is CC1(O)CCN(CCC(O)c2cccc(F)c2F)C1. The average molecular weight is 271 g/mol. The van der Waals surface area contributed by atoms with Gasteiger partial charge in [0.25, 0.3) is 0 Å². The lowest BCUT2D eigenvalue weighted by Gasteiger charge is -2.20. The molecule has 5 heteroatoms. The van der Waals surface area contributed by atoms with Gasteiger partial charge in [0.05, 0.1) is 11.7 Å². The van der Waals surface area contributed by atoms with Crippen LogP contribution in [0.15, 0.2) is 18.2 Å². The van der Waals surface area contributed by atoms with Crippen LogP contribution in [0.1, 0.15) is 31.4 Å². The zero-order chi connectivity index (χ0) is 14.0. The zero-order valence-corrected chi connectivity index (χ0v) is 10.9. The Morgan fingerprint density at radius 2 is 2.16 bits per heavy atom. The summed E-state index contributed by atoms with van der Waals surface area (Å²) in [7, 11) is 0. The van der Waals surface area contributed by atoms with E-state index < -0.39 is 23.3 Å². The minimum absolute atomic E-state index is 0.00837. The second kappa shape index (κ2) is 5.53. The largest absolute Gasteiger partial charge is 0.389 e. The molecular formula is C14H19F2NO2. The van der Waals surface area contributed by atoms with Gasteiger partial charge < -0.3 is 15.1 Å². The second-order valence-electron chi connectivity index (χ2n) is 5.47. The highest BCUT2D eigenvalue weighted by Gasteiger charge is 2.31. The first-order valence-electron chi connectivity index (χ1n) is 6.46. The molecule has 19 heavy (non-hydrogen) atoms. The van der Waals surface area contributed by atoms with Crippen LogP contribution in [0.4, 0.5) is 8.78 Å². The van der Waals surface area contributed by atoms with Crippen LogP contribution in [0, 0.1) is 11.6 Å². The molecule has 1 aromatic rings. The predicted octanol–water partition coefficient (Wildman–Crippen LogP) is 1.84. The van der Waals surface area contributed by atoms with Crippen molar-refractivity contribution in [1.29, 1.82) is 0 Å². The maximum atomic E-state index is 13.5. The summed E-state index contributed by atoms with van der Waals surface area (Å²) in [6.45, 7) is 3.62. The monoisotopic (exact) mass is 271 g/mol. The summed E-state index contributed by atoms with van der Waals surface area (Å²) in [5.74, 6) is -1.93. The molecule has 3 nitrogen and oxygen atoms in total. The van der Waals surface area contributed by atoms with Crippen molar-refractivity contribution in [3.63, 3.8) is 0 Å². The van der Waals surface area contributed by atoms with E-state index in [1.54, 1.807) is 6.92 Å². The summed E-state index contributed by atoms with van der Waals surface area (Å²) in [5, 5.41) is 19.7. The van der Waals surface area contributed by atoms with Gasteiger partial charge in [-0.25, -0.2) is 8.78 Å². The first kappa shape index (κ1) is 14.4. The summed E-state index contributed by atoms with van der Waals surface area (Å²) in [6.07, 6.45) is -0.0188. The molecule has 1 heterocycles. The molecule has 2 unspecified atom stereocenters. The Morgan fingerprint density at radius 1 is 1.42 bits per heavy atom. The minimum atomic E-state index is -1.03. The maximum Gasteiger partial charge on any atom is 0.164 e. The van der Waals surface area contributed by atoms with Crippen LogP contribution in [-0.2, 0) is 0 Å². The lowest BCUT2D eigenvalue weighted by Crippen LogP contribution is -2.30. The molecule has 0 amide bonds. The van der Waals surface area contributed by atoms with Gasteiger partial charge in [-0.3, -0.25) is 0 Å². The van der Waals surface area contributed by atoms with Crippen LogP contribution in [0.3, 0.4) is 0 Å². The van der Waals surface area contributed by atoms with E-state index in [9.17, 15) is 19.0 Å². The predicted molar refractivity (Wildman–Crippen MR) is 67.6 cm³/mol. The van der Waals surface area contributed by atoms with E-state index in [2.05, 4.69) is 0 Å². The van der Waals surface area contributed by atoms with Crippen LogP contribution < -0.4 is 0 Å². The van der Waals surface area contributed by atoms with E-state index in [1.165, 1.54) is 12.1 Å². The third kappa shape index (κ3) is 3.49. The molecule has 1 aliphatic rings. The number of benzene rings is 1. The van der Waals surface area contributed by atoms with E-state index in [1.807, 2.05) is 4.90 Å². The van der Waals surface area contributed by atoms with Crippen LogP contribution in [-0.4, -0.2) is 40.3 Å². The number of likely N-dealkylation sites (tertiary alicyclic amines) is 1. The fourth-order valence-corrected chi connectivity index (χ4v) is 2.47. The first-order chi connectivity index (χ1) is 8.89. The molecule has 0 bridgehead atoms. The smallest absolute Gasteiger partial charge is 0.164 e. The van der Waals surface area contributed by atoms with Gasteiger partial charge in [-0.1, -0.05) is 12.1 Å². The van der Waals surface area contributed by atoms with Crippen molar-refractivity contribution >= 4 is 0 Å². The van der Waals surface area contributed by atoms with E-state index in [-0.39, 0.29) is 5.56 Å². The summed E-state index contributed by atoms with van der Waals surface area (Å²) < 4.78 is 26.5. The van der Waals surface area contributed by atoms with Crippen molar-refractivity contribution < 1.29 is 19.0 Å². The molecule has 2 rings (SSSR count). The number of hydrogen-bond donors (Lipinski definition) is 2. The van der Waals surface area contributed by atoms with E-state index in [0.717, 1.165) is 12.6 Å². The van der Waals surface area contributed by atoms with E-state index in [4.69, 9.17) is 0 Å². The normalized spacial score (nSPS) is 25.7. The lowest BCUT2D eigenvalue weighted by molar-refractivity contribution is 0.0653. The highest BCUT2D eigenvalue weighted by Crippen LogP contribution is 2.25. The molecule has 1 aromatic carbocycles. The Balaban J connectivity index is 1.91. The Labute approximate surface area is 111 Å². The Hall–Kier alpha value is -1.04. The van der Waals surface area contributed by atoms with Crippen molar-refractivity contribution in [2.75, 3.05) is 19.6 Å². The number of rotatable bonds is 4. The molecule has 0 spiro atoms. The van der Waals surface area contributed by atoms with Gasteiger partial charge in [0.1, 0.15) is 0 Å². The third-order valence-electron chi connectivity index (χ3n) is 3.59. The van der Waals surface area contributed by atoms with Gasteiger partial charge in [-0.05, 0) is 25.8 Å². The summed E-state index contributed by atoms with van der Waals surface area (Å²) in [5.41, 5.74) is -0.694. The van der Waals surface area contributed by atoms with Crippen LogP contribution in [0.2, 0.25) is 0 Å². The van der Waals surface area contributed by atoms with Crippen molar-refractivity contribution in [2.24, 2.45) is 0 Å². The molecule has 0 aromatic heterocycles. The average Bonchev–Trinajstić information content (AvgIpc) is 2.69. The highest BCUT2D eigenvalue weighted by atomic mass is 19.2. The molecule has 0 aliphatic carbocycles. The van der Waals surface area contributed by atoms with Gasteiger partial charge in [0.2, 0.25) is 0 Å².